The fraction of sp³-hybridized carbons (Fsp3) is 0.440. The van der Waals surface area contributed by atoms with Crippen LogP contribution in [0.2, 0.25) is 0 Å². The van der Waals surface area contributed by atoms with Crippen LogP contribution in [0.3, 0.4) is 0 Å². The number of hydrogen-bond donors (Lipinski definition) is 0. The van der Waals surface area contributed by atoms with Gasteiger partial charge < -0.3 is 19.3 Å². The quantitative estimate of drug-likeness (QED) is 0.412. The lowest BCUT2D eigenvalue weighted by atomic mass is 10.1. The Labute approximate surface area is 201 Å². The third-order valence-electron chi connectivity index (χ3n) is 6.01. The maximum absolute atomic E-state index is 6.13. The summed E-state index contributed by atoms with van der Waals surface area (Å²) >= 11 is 1.82. The number of methoxy groups -OCH3 is 1. The van der Waals surface area contributed by atoms with Crippen LogP contribution in [-0.4, -0.2) is 65.4 Å². The van der Waals surface area contributed by atoms with Crippen molar-refractivity contribution in [2.24, 2.45) is 0 Å². The first kappa shape index (κ1) is 24.5. The lowest BCUT2D eigenvalue weighted by Gasteiger charge is -2.36. The molecule has 0 spiro atoms. The molecule has 32 heavy (non-hydrogen) atoms. The number of ether oxygens (including phenoxy) is 2. The van der Waals surface area contributed by atoms with Gasteiger partial charge in [-0.15, -0.1) is 23.7 Å². The van der Waals surface area contributed by atoms with Crippen LogP contribution in [0.15, 0.2) is 41.8 Å². The maximum atomic E-state index is 6.13. The Balaban J connectivity index is 0.00000289. The van der Waals surface area contributed by atoms with E-state index in [2.05, 4.69) is 57.3 Å². The Bertz CT molecular complexity index is 1020. The number of hydrogen-bond acceptors (Lipinski definition) is 6. The van der Waals surface area contributed by atoms with E-state index in [1.807, 2.05) is 31.5 Å². The Morgan fingerprint density at radius 2 is 1.84 bits per heavy atom. The Morgan fingerprint density at radius 3 is 2.56 bits per heavy atom. The molecule has 174 valence electrons. The zero-order chi connectivity index (χ0) is 21.8. The van der Waals surface area contributed by atoms with E-state index in [9.17, 15) is 0 Å². The molecule has 0 N–H and O–H groups in total. The average molecular weight is 476 g/mol. The number of rotatable bonds is 8. The molecule has 1 fully saturated rings. The van der Waals surface area contributed by atoms with E-state index in [0.717, 1.165) is 61.9 Å². The van der Waals surface area contributed by atoms with Gasteiger partial charge in [-0.25, -0.2) is 0 Å². The standard InChI is InChI=1S/C25H33N3O2S.ClH/c1-19-17-20(26(2)3)18-23(29-4)25(19)30-15-6-10-27-11-13-28(14-12-27)22-7-5-8-24-21(22)9-16-31-24;/h5,7-9,16-18H,6,10-15H2,1-4H3;1H. The summed E-state index contributed by atoms with van der Waals surface area (Å²) < 4.78 is 13.1. The zero-order valence-corrected chi connectivity index (χ0v) is 21.1. The molecule has 1 aromatic heterocycles. The van der Waals surface area contributed by atoms with Gasteiger partial charge in [0.1, 0.15) is 0 Å². The smallest absolute Gasteiger partial charge is 0.164 e. The molecule has 2 aromatic carbocycles. The molecule has 1 aliphatic rings. The third-order valence-corrected chi connectivity index (χ3v) is 6.89. The van der Waals surface area contributed by atoms with E-state index in [1.54, 1.807) is 7.11 Å². The van der Waals surface area contributed by atoms with Crippen molar-refractivity contribution >= 4 is 45.2 Å². The summed E-state index contributed by atoms with van der Waals surface area (Å²) in [5.41, 5.74) is 3.61. The highest BCUT2D eigenvalue weighted by Gasteiger charge is 2.19. The number of halogens is 1. The van der Waals surface area contributed by atoms with Crippen LogP contribution in [0.4, 0.5) is 11.4 Å². The van der Waals surface area contributed by atoms with Gasteiger partial charge in [-0.1, -0.05) is 6.07 Å². The summed E-state index contributed by atoms with van der Waals surface area (Å²) in [5, 5.41) is 3.58. The molecule has 0 aliphatic carbocycles. The minimum absolute atomic E-state index is 0. The van der Waals surface area contributed by atoms with Crippen LogP contribution in [-0.2, 0) is 0 Å². The first-order valence-corrected chi connectivity index (χ1v) is 11.9. The van der Waals surface area contributed by atoms with Crippen molar-refractivity contribution in [1.82, 2.24) is 4.90 Å². The van der Waals surface area contributed by atoms with Gasteiger partial charge in [0.2, 0.25) is 0 Å². The number of anilines is 2. The molecule has 7 heteroatoms. The van der Waals surface area contributed by atoms with E-state index in [-0.39, 0.29) is 12.4 Å². The van der Waals surface area contributed by atoms with Crippen LogP contribution in [0, 0.1) is 6.92 Å². The fourth-order valence-electron chi connectivity index (χ4n) is 4.25. The molecule has 5 nitrogen and oxygen atoms in total. The zero-order valence-electron chi connectivity index (χ0n) is 19.5. The maximum Gasteiger partial charge on any atom is 0.164 e. The van der Waals surface area contributed by atoms with Crippen molar-refractivity contribution in [1.29, 1.82) is 0 Å². The topological polar surface area (TPSA) is 28.2 Å². The van der Waals surface area contributed by atoms with Gasteiger partial charge in [0.05, 0.1) is 13.7 Å². The Morgan fingerprint density at radius 1 is 1.06 bits per heavy atom. The lowest BCUT2D eigenvalue weighted by Crippen LogP contribution is -2.46. The van der Waals surface area contributed by atoms with Crippen LogP contribution in [0.25, 0.3) is 10.1 Å². The third kappa shape index (κ3) is 5.42. The molecule has 0 bridgehead atoms. The number of benzene rings is 2. The first-order chi connectivity index (χ1) is 15.1. The number of fused-ring (bicyclic) bond motifs is 1. The minimum atomic E-state index is 0. The van der Waals surface area contributed by atoms with Crippen molar-refractivity contribution in [2.45, 2.75) is 13.3 Å². The average Bonchev–Trinajstić information content (AvgIpc) is 3.26. The van der Waals surface area contributed by atoms with Crippen LogP contribution >= 0.6 is 23.7 Å². The molecular weight excluding hydrogens is 442 g/mol. The van der Waals surface area contributed by atoms with Crippen molar-refractivity contribution in [2.75, 3.05) is 70.3 Å². The summed E-state index contributed by atoms with van der Waals surface area (Å²) in [7, 11) is 5.78. The van der Waals surface area contributed by atoms with Gasteiger partial charge >= 0.3 is 0 Å². The number of aryl methyl sites for hydroxylation is 1. The van der Waals surface area contributed by atoms with E-state index in [1.165, 1.54) is 15.8 Å². The molecule has 0 amide bonds. The fourth-order valence-corrected chi connectivity index (χ4v) is 5.05. The SMILES string of the molecule is COc1cc(N(C)C)cc(C)c1OCCCN1CCN(c2cccc3sccc23)CC1.Cl. The summed E-state index contributed by atoms with van der Waals surface area (Å²) in [4.78, 5) is 7.16. The van der Waals surface area contributed by atoms with Gasteiger partial charge in [-0.05, 0) is 48.6 Å². The summed E-state index contributed by atoms with van der Waals surface area (Å²) in [6, 6.07) is 13.1. The molecule has 0 atom stereocenters. The van der Waals surface area contributed by atoms with E-state index < -0.39 is 0 Å². The first-order valence-electron chi connectivity index (χ1n) is 11.0. The molecule has 2 heterocycles. The monoisotopic (exact) mass is 475 g/mol. The van der Waals surface area contributed by atoms with Crippen molar-refractivity contribution in [3.63, 3.8) is 0 Å². The largest absolute Gasteiger partial charge is 0.493 e. The highest BCUT2D eigenvalue weighted by Crippen LogP contribution is 2.35. The second kappa shape index (κ2) is 11.1. The molecular formula is C25H34ClN3O2S. The van der Waals surface area contributed by atoms with Gasteiger partial charge in [0.25, 0.3) is 0 Å². The predicted octanol–water partition coefficient (Wildman–Crippen LogP) is 5.30. The Kier molecular flexibility index (Phi) is 8.51. The second-order valence-corrected chi connectivity index (χ2v) is 9.28. The molecule has 4 rings (SSSR count). The summed E-state index contributed by atoms with van der Waals surface area (Å²) in [6.07, 6.45) is 1.01. The molecule has 0 unspecified atom stereocenters. The van der Waals surface area contributed by atoms with Crippen LogP contribution in [0.1, 0.15) is 12.0 Å². The van der Waals surface area contributed by atoms with E-state index in [4.69, 9.17) is 9.47 Å². The van der Waals surface area contributed by atoms with Crippen molar-refractivity contribution < 1.29 is 9.47 Å². The highest BCUT2D eigenvalue weighted by atomic mass is 35.5. The highest BCUT2D eigenvalue weighted by molar-refractivity contribution is 7.17. The second-order valence-electron chi connectivity index (χ2n) is 8.33. The van der Waals surface area contributed by atoms with Gasteiger partial charge in [0, 0.05) is 74.3 Å². The van der Waals surface area contributed by atoms with Crippen LogP contribution < -0.4 is 19.3 Å². The van der Waals surface area contributed by atoms with E-state index >= 15 is 0 Å². The van der Waals surface area contributed by atoms with Gasteiger partial charge in [0.15, 0.2) is 11.5 Å². The van der Waals surface area contributed by atoms with E-state index in [0.29, 0.717) is 6.61 Å². The molecule has 1 saturated heterocycles. The van der Waals surface area contributed by atoms with Gasteiger partial charge in [-0.2, -0.15) is 0 Å². The summed E-state index contributed by atoms with van der Waals surface area (Å²) in [5.74, 6) is 1.67. The van der Waals surface area contributed by atoms with Crippen LogP contribution in [0.5, 0.6) is 11.5 Å². The Hall–Kier alpha value is -2.15. The van der Waals surface area contributed by atoms with Crippen molar-refractivity contribution in [3.05, 3.63) is 47.3 Å². The molecule has 0 saturated carbocycles. The number of nitrogens with zero attached hydrogens (tertiary/aromatic N) is 3. The summed E-state index contributed by atoms with van der Waals surface area (Å²) in [6.45, 7) is 8.20. The minimum Gasteiger partial charge on any atom is -0.493 e. The number of piperazine rings is 1. The molecule has 1 aliphatic heterocycles. The van der Waals surface area contributed by atoms with Gasteiger partial charge in [-0.3, -0.25) is 4.90 Å². The predicted molar refractivity (Wildman–Crippen MR) is 140 cm³/mol. The number of thiophene rings is 1. The van der Waals surface area contributed by atoms with Crippen molar-refractivity contribution in [3.8, 4) is 11.5 Å². The lowest BCUT2D eigenvalue weighted by molar-refractivity contribution is 0.221. The molecule has 0 radical (unpaired) electrons. The normalized spacial score (nSPS) is 14.3. The molecule has 3 aromatic rings.